The molecule has 0 nitrogen and oxygen atoms in total. The van der Waals surface area contributed by atoms with Crippen LogP contribution in [-0.2, 0) is 0 Å². The molecule has 0 bridgehead atoms. The molecule has 0 aliphatic rings. The molecule has 0 N–H and O–H groups in total. The molecule has 41 heavy (non-hydrogen) atoms. The normalized spacial score (nSPS) is 11.4. The highest BCUT2D eigenvalue weighted by molar-refractivity contribution is 7.19. The average molecular weight is 561 g/mol. The van der Waals surface area contributed by atoms with Crippen LogP contribution in [0.25, 0.3) is 22.3 Å². The molecule has 6 rings (SSSR count). The van der Waals surface area contributed by atoms with Crippen LogP contribution in [-0.4, -0.2) is 8.07 Å². The fraction of sp³-hybridized carbons (Fsp3) is 0. The summed E-state index contributed by atoms with van der Waals surface area (Å²) in [7, 11) is -3.26. The Morgan fingerprint density at radius 1 is 0.293 bits per heavy atom. The summed E-state index contributed by atoms with van der Waals surface area (Å²) in [6.45, 7) is 0. The molecule has 0 aliphatic carbocycles. The van der Waals surface area contributed by atoms with E-state index in [2.05, 4.69) is 0 Å². The second kappa shape index (κ2) is 11.0. The largest absolute Gasteiger partial charge is 0.207 e. The van der Waals surface area contributed by atoms with Crippen LogP contribution in [0.4, 0.5) is 17.6 Å². The summed E-state index contributed by atoms with van der Waals surface area (Å²) in [5.41, 5.74) is 3.13. The first kappa shape index (κ1) is 26.5. The minimum Gasteiger partial charge on any atom is -0.207 e. The van der Waals surface area contributed by atoms with Gasteiger partial charge >= 0.3 is 0 Å². The zero-order valence-corrected chi connectivity index (χ0v) is 22.9. The highest BCUT2D eigenvalue weighted by atomic mass is 28.3. The summed E-state index contributed by atoms with van der Waals surface area (Å²) < 4.78 is 57.6. The second-order valence-corrected chi connectivity index (χ2v) is 13.8. The van der Waals surface area contributed by atoms with Gasteiger partial charge in [0.15, 0.2) is 8.07 Å². The van der Waals surface area contributed by atoms with E-state index < -0.39 is 8.07 Å². The van der Waals surface area contributed by atoms with E-state index in [0.29, 0.717) is 0 Å². The fourth-order valence-electron chi connectivity index (χ4n) is 5.60. The van der Waals surface area contributed by atoms with Gasteiger partial charge in [0.05, 0.1) is 0 Å². The minimum atomic E-state index is -3.26. The lowest BCUT2D eigenvalue weighted by Gasteiger charge is -2.34. The van der Waals surface area contributed by atoms with Gasteiger partial charge in [-0.3, -0.25) is 0 Å². The van der Waals surface area contributed by atoms with Crippen molar-refractivity contribution in [1.29, 1.82) is 0 Å². The average Bonchev–Trinajstić information content (AvgIpc) is 2.98. The van der Waals surface area contributed by atoms with Crippen LogP contribution >= 0.6 is 0 Å². The molecule has 200 valence electrons. The van der Waals surface area contributed by atoms with E-state index in [-0.39, 0.29) is 23.3 Å². The fourth-order valence-corrected chi connectivity index (χ4v) is 10.3. The van der Waals surface area contributed by atoms with Crippen molar-refractivity contribution in [2.24, 2.45) is 0 Å². The van der Waals surface area contributed by atoms with E-state index in [0.717, 1.165) is 43.0 Å². The van der Waals surface area contributed by atoms with Crippen molar-refractivity contribution < 1.29 is 17.6 Å². The molecule has 5 heteroatoms. The van der Waals surface area contributed by atoms with E-state index in [1.54, 1.807) is 24.3 Å². The predicted molar refractivity (Wildman–Crippen MR) is 161 cm³/mol. The van der Waals surface area contributed by atoms with Crippen molar-refractivity contribution in [2.45, 2.75) is 0 Å². The van der Waals surface area contributed by atoms with Crippen LogP contribution in [0.1, 0.15) is 0 Å². The van der Waals surface area contributed by atoms with E-state index in [4.69, 9.17) is 0 Å². The van der Waals surface area contributed by atoms with E-state index in [9.17, 15) is 17.6 Å². The summed E-state index contributed by atoms with van der Waals surface area (Å²) in [5.74, 6) is -1.42. The summed E-state index contributed by atoms with van der Waals surface area (Å²) >= 11 is 0. The lowest BCUT2D eigenvalue weighted by atomic mass is 10.1. The van der Waals surface area contributed by atoms with Gasteiger partial charge in [-0.05, 0) is 91.5 Å². The van der Waals surface area contributed by atoms with Crippen molar-refractivity contribution >= 4 is 28.8 Å². The molecule has 0 unspecified atom stereocenters. The van der Waals surface area contributed by atoms with E-state index in [1.165, 1.54) is 48.5 Å². The molecule has 0 radical (unpaired) electrons. The van der Waals surface area contributed by atoms with Crippen molar-refractivity contribution in [3.05, 3.63) is 169 Å². The summed E-state index contributed by atoms with van der Waals surface area (Å²) in [5, 5.41) is 3.32. The molecular weight excluding hydrogens is 536 g/mol. The number of hydrogen-bond donors (Lipinski definition) is 0. The third kappa shape index (κ3) is 5.12. The van der Waals surface area contributed by atoms with Crippen molar-refractivity contribution in [1.82, 2.24) is 0 Å². The Labute approximate surface area is 237 Å². The number of benzene rings is 6. The third-order valence-corrected chi connectivity index (χ3v) is 12.2. The van der Waals surface area contributed by atoms with Crippen LogP contribution in [0, 0.1) is 23.3 Å². The highest BCUT2D eigenvalue weighted by Crippen LogP contribution is 2.22. The van der Waals surface area contributed by atoms with Gasteiger partial charge in [0, 0.05) is 0 Å². The first-order valence-electron chi connectivity index (χ1n) is 13.2. The van der Waals surface area contributed by atoms with Crippen LogP contribution in [0.5, 0.6) is 0 Å². The van der Waals surface area contributed by atoms with Crippen molar-refractivity contribution in [3.8, 4) is 22.3 Å². The topological polar surface area (TPSA) is 0 Å². The van der Waals surface area contributed by atoms with Gasteiger partial charge in [-0.2, -0.15) is 0 Å². The summed E-state index contributed by atoms with van der Waals surface area (Å²) in [6.07, 6.45) is 0. The van der Waals surface area contributed by atoms with Crippen LogP contribution in [0.3, 0.4) is 0 Å². The first-order chi connectivity index (χ1) is 19.9. The zero-order chi connectivity index (χ0) is 28.4. The molecule has 0 spiro atoms. The van der Waals surface area contributed by atoms with Gasteiger partial charge in [0.1, 0.15) is 23.3 Å². The third-order valence-electron chi connectivity index (χ3n) is 7.47. The number of rotatable bonds is 6. The monoisotopic (exact) mass is 560 g/mol. The van der Waals surface area contributed by atoms with Gasteiger partial charge in [-0.25, -0.2) is 17.6 Å². The molecule has 0 atom stereocenters. The Balaban J connectivity index is 1.60. The molecular formula is C36H24F4Si. The molecule has 0 amide bonds. The van der Waals surface area contributed by atoms with Gasteiger partial charge in [0.2, 0.25) is 0 Å². The minimum absolute atomic E-state index is 0.326. The van der Waals surface area contributed by atoms with Gasteiger partial charge in [-0.15, -0.1) is 0 Å². The van der Waals surface area contributed by atoms with Gasteiger partial charge in [0.25, 0.3) is 0 Å². The van der Waals surface area contributed by atoms with Crippen LogP contribution in [0.15, 0.2) is 146 Å². The molecule has 0 saturated carbocycles. The maximum Gasteiger partial charge on any atom is 0.179 e. The van der Waals surface area contributed by atoms with Gasteiger partial charge < -0.3 is 0 Å². The second-order valence-electron chi connectivity index (χ2n) is 9.95. The SMILES string of the molecule is Fc1cccc(-c2ccc([Si](c3ccc(-c4cccc(F)c4)cc3)(c3cccc(F)c3)c3cccc(F)c3)cc2)c1. The molecule has 0 heterocycles. The van der Waals surface area contributed by atoms with Crippen molar-refractivity contribution in [3.63, 3.8) is 0 Å². The lowest BCUT2D eigenvalue weighted by Crippen LogP contribution is -2.74. The number of halogens is 4. The van der Waals surface area contributed by atoms with E-state index in [1.807, 2.05) is 72.8 Å². The Morgan fingerprint density at radius 2 is 0.634 bits per heavy atom. The highest BCUT2D eigenvalue weighted by Gasteiger charge is 2.42. The quantitative estimate of drug-likeness (QED) is 0.117. The molecule has 0 saturated heterocycles. The maximum atomic E-state index is 14.8. The van der Waals surface area contributed by atoms with Crippen LogP contribution in [0.2, 0.25) is 0 Å². The summed E-state index contributed by atoms with van der Waals surface area (Å²) in [6, 6.07) is 41.3. The lowest BCUT2D eigenvalue weighted by molar-refractivity contribution is 0.628. The zero-order valence-electron chi connectivity index (χ0n) is 21.9. The molecule has 6 aromatic rings. The predicted octanol–water partition coefficient (Wildman–Crippen LogP) is 6.95. The first-order valence-corrected chi connectivity index (χ1v) is 15.2. The Hall–Kier alpha value is -4.74. The van der Waals surface area contributed by atoms with Crippen LogP contribution < -0.4 is 20.7 Å². The Morgan fingerprint density at radius 3 is 0.976 bits per heavy atom. The maximum absolute atomic E-state index is 14.8. The molecule has 6 aromatic carbocycles. The summed E-state index contributed by atoms with van der Waals surface area (Å²) in [4.78, 5) is 0. The molecule has 0 fully saturated rings. The molecule has 0 aliphatic heterocycles. The Bertz CT molecular complexity index is 1690. The van der Waals surface area contributed by atoms with Gasteiger partial charge in [-0.1, -0.05) is 97.1 Å². The Kier molecular flexibility index (Phi) is 7.12. The van der Waals surface area contributed by atoms with E-state index >= 15 is 0 Å². The smallest absolute Gasteiger partial charge is 0.179 e. The van der Waals surface area contributed by atoms with Crippen molar-refractivity contribution in [2.75, 3.05) is 0 Å². The number of hydrogen-bond acceptors (Lipinski definition) is 0. The molecule has 0 aromatic heterocycles. The standard InChI is InChI=1S/C36H24F4Si/c37-29-7-1-5-27(21-29)25-13-17-33(18-14-25)41(35-11-3-9-31(39)23-35,36-12-4-10-32(40)24-36)34-19-15-26(16-20-34)28-6-2-8-30(38)22-28/h1-24H.